The Labute approximate surface area is 116 Å². The van der Waals surface area contributed by atoms with Crippen LogP contribution in [0.5, 0.6) is 0 Å². The van der Waals surface area contributed by atoms with Crippen LogP contribution in [0.25, 0.3) is 0 Å². The third-order valence-electron chi connectivity index (χ3n) is 2.94. The molecule has 2 rings (SSSR count). The maximum Gasteiger partial charge on any atom is 0.269 e. The van der Waals surface area contributed by atoms with E-state index in [1.807, 2.05) is 12.1 Å². The van der Waals surface area contributed by atoms with Crippen molar-refractivity contribution in [3.8, 4) is 0 Å². The van der Waals surface area contributed by atoms with E-state index in [-0.39, 0.29) is 11.5 Å². The standard InChI is InChI=1S/C15H14N2O3/c1-11(18)13-4-6-14(7-5-13)16-10-12-2-8-15(9-3-12)17(19)20/h2-9,16H,10H2,1H3. The normalized spacial score (nSPS) is 10.1. The Hall–Kier alpha value is -2.69. The summed E-state index contributed by atoms with van der Waals surface area (Å²) in [5, 5.41) is 13.7. The molecular weight excluding hydrogens is 256 g/mol. The van der Waals surface area contributed by atoms with E-state index in [1.54, 1.807) is 24.3 Å². The molecule has 0 aromatic heterocycles. The molecule has 0 bridgehead atoms. The molecule has 20 heavy (non-hydrogen) atoms. The van der Waals surface area contributed by atoms with E-state index in [0.29, 0.717) is 12.1 Å². The van der Waals surface area contributed by atoms with Crippen LogP contribution in [-0.2, 0) is 6.54 Å². The highest BCUT2D eigenvalue weighted by Crippen LogP contribution is 2.14. The molecule has 102 valence electrons. The lowest BCUT2D eigenvalue weighted by Gasteiger charge is -2.07. The van der Waals surface area contributed by atoms with Gasteiger partial charge in [-0.2, -0.15) is 0 Å². The van der Waals surface area contributed by atoms with Gasteiger partial charge in [-0.1, -0.05) is 12.1 Å². The largest absolute Gasteiger partial charge is 0.381 e. The average molecular weight is 270 g/mol. The van der Waals surface area contributed by atoms with E-state index in [9.17, 15) is 14.9 Å². The molecule has 2 aromatic carbocycles. The molecule has 0 saturated heterocycles. The molecule has 2 aromatic rings. The summed E-state index contributed by atoms with van der Waals surface area (Å²) < 4.78 is 0. The molecule has 0 spiro atoms. The third-order valence-corrected chi connectivity index (χ3v) is 2.94. The van der Waals surface area contributed by atoms with Gasteiger partial charge in [-0.25, -0.2) is 0 Å². The molecule has 5 heteroatoms. The number of nitro groups is 1. The smallest absolute Gasteiger partial charge is 0.269 e. The van der Waals surface area contributed by atoms with Crippen molar-refractivity contribution in [2.24, 2.45) is 0 Å². The average Bonchev–Trinajstić information content (AvgIpc) is 2.46. The van der Waals surface area contributed by atoms with Crippen molar-refractivity contribution in [2.75, 3.05) is 5.32 Å². The number of ketones is 1. The summed E-state index contributed by atoms with van der Waals surface area (Å²) in [6.45, 7) is 2.09. The Morgan fingerprint density at radius 3 is 2.20 bits per heavy atom. The fourth-order valence-electron chi connectivity index (χ4n) is 1.76. The van der Waals surface area contributed by atoms with Crippen molar-refractivity contribution in [1.82, 2.24) is 0 Å². The monoisotopic (exact) mass is 270 g/mol. The molecule has 5 nitrogen and oxygen atoms in total. The van der Waals surface area contributed by atoms with Crippen molar-refractivity contribution < 1.29 is 9.72 Å². The lowest BCUT2D eigenvalue weighted by Crippen LogP contribution is -2.00. The van der Waals surface area contributed by atoms with E-state index < -0.39 is 4.92 Å². The first-order valence-corrected chi connectivity index (χ1v) is 6.14. The first-order valence-electron chi connectivity index (χ1n) is 6.14. The van der Waals surface area contributed by atoms with Gasteiger partial charge in [0.05, 0.1) is 4.92 Å². The van der Waals surface area contributed by atoms with Crippen LogP contribution in [-0.4, -0.2) is 10.7 Å². The number of carbonyl (C=O) groups is 1. The molecule has 0 aliphatic carbocycles. The first-order chi connectivity index (χ1) is 9.56. The zero-order valence-corrected chi connectivity index (χ0v) is 11.0. The number of rotatable bonds is 5. The Morgan fingerprint density at radius 1 is 1.10 bits per heavy atom. The van der Waals surface area contributed by atoms with E-state index in [1.165, 1.54) is 19.1 Å². The number of anilines is 1. The molecule has 0 fully saturated rings. The van der Waals surface area contributed by atoms with E-state index >= 15 is 0 Å². The summed E-state index contributed by atoms with van der Waals surface area (Å²) in [4.78, 5) is 21.3. The lowest BCUT2D eigenvalue weighted by atomic mass is 10.1. The number of nitrogens with one attached hydrogen (secondary N) is 1. The Morgan fingerprint density at radius 2 is 1.70 bits per heavy atom. The summed E-state index contributed by atoms with van der Waals surface area (Å²) in [5.41, 5.74) is 2.60. The van der Waals surface area contributed by atoms with Crippen molar-refractivity contribution in [3.05, 3.63) is 69.8 Å². The van der Waals surface area contributed by atoms with Crippen molar-refractivity contribution >= 4 is 17.2 Å². The number of carbonyl (C=O) groups excluding carboxylic acids is 1. The summed E-state index contributed by atoms with van der Waals surface area (Å²) in [7, 11) is 0. The summed E-state index contributed by atoms with van der Waals surface area (Å²) in [6.07, 6.45) is 0. The minimum Gasteiger partial charge on any atom is -0.381 e. The molecule has 0 aliphatic heterocycles. The molecule has 0 saturated carbocycles. The summed E-state index contributed by atoms with van der Waals surface area (Å²) in [6, 6.07) is 13.6. The van der Waals surface area contributed by atoms with Crippen LogP contribution < -0.4 is 5.32 Å². The van der Waals surface area contributed by atoms with Gasteiger partial charge in [0.15, 0.2) is 5.78 Å². The summed E-state index contributed by atoms with van der Waals surface area (Å²) in [5.74, 6) is 0.0342. The number of hydrogen-bond acceptors (Lipinski definition) is 4. The number of nitrogens with zero attached hydrogens (tertiary/aromatic N) is 1. The molecule has 0 atom stereocenters. The van der Waals surface area contributed by atoms with E-state index in [4.69, 9.17) is 0 Å². The molecule has 0 amide bonds. The minimum absolute atomic E-state index is 0.0342. The number of non-ortho nitro benzene ring substituents is 1. The zero-order chi connectivity index (χ0) is 14.5. The van der Waals surface area contributed by atoms with Crippen LogP contribution in [0.1, 0.15) is 22.8 Å². The van der Waals surface area contributed by atoms with Gasteiger partial charge >= 0.3 is 0 Å². The van der Waals surface area contributed by atoms with Crippen LogP contribution in [0, 0.1) is 10.1 Å². The van der Waals surface area contributed by atoms with Gasteiger partial charge < -0.3 is 5.32 Å². The lowest BCUT2D eigenvalue weighted by molar-refractivity contribution is -0.384. The van der Waals surface area contributed by atoms with Crippen LogP contribution in [0.4, 0.5) is 11.4 Å². The predicted octanol–water partition coefficient (Wildman–Crippen LogP) is 3.41. The maximum atomic E-state index is 11.1. The van der Waals surface area contributed by atoms with Crippen LogP contribution in [0.15, 0.2) is 48.5 Å². The Balaban J connectivity index is 1.97. The molecule has 0 aliphatic rings. The second-order valence-corrected chi connectivity index (χ2v) is 4.41. The van der Waals surface area contributed by atoms with Gasteiger partial charge in [0.1, 0.15) is 0 Å². The van der Waals surface area contributed by atoms with Gasteiger partial charge in [0.25, 0.3) is 5.69 Å². The Bertz CT molecular complexity index is 561. The van der Waals surface area contributed by atoms with Gasteiger partial charge in [-0.05, 0) is 36.8 Å². The van der Waals surface area contributed by atoms with Gasteiger partial charge in [0.2, 0.25) is 0 Å². The quantitative estimate of drug-likeness (QED) is 0.513. The Kier molecular flexibility index (Phi) is 4.10. The van der Waals surface area contributed by atoms with Gasteiger partial charge in [0, 0.05) is 29.9 Å². The number of benzene rings is 2. The van der Waals surface area contributed by atoms with E-state index in [2.05, 4.69) is 5.32 Å². The fourth-order valence-corrected chi connectivity index (χ4v) is 1.76. The summed E-state index contributed by atoms with van der Waals surface area (Å²) >= 11 is 0. The zero-order valence-electron chi connectivity index (χ0n) is 11.0. The topological polar surface area (TPSA) is 72.2 Å². The van der Waals surface area contributed by atoms with Crippen LogP contribution >= 0.6 is 0 Å². The van der Waals surface area contributed by atoms with Gasteiger partial charge in [-0.15, -0.1) is 0 Å². The SMILES string of the molecule is CC(=O)c1ccc(NCc2ccc([N+](=O)[O-])cc2)cc1. The maximum absolute atomic E-state index is 11.1. The predicted molar refractivity (Wildman–Crippen MR) is 76.9 cm³/mol. The molecule has 0 heterocycles. The van der Waals surface area contributed by atoms with Crippen molar-refractivity contribution in [1.29, 1.82) is 0 Å². The molecule has 0 unspecified atom stereocenters. The highest BCUT2D eigenvalue weighted by Gasteiger charge is 2.04. The van der Waals surface area contributed by atoms with Crippen LogP contribution in [0.2, 0.25) is 0 Å². The number of Topliss-reactive ketones (excluding diaryl/α,β-unsaturated/α-hetero) is 1. The third kappa shape index (κ3) is 3.41. The second-order valence-electron chi connectivity index (χ2n) is 4.41. The van der Waals surface area contributed by atoms with Crippen LogP contribution in [0.3, 0.4) is 0 Å². The highest BCUT2D eigenvalue weighted by molar-refractivity contribution is 5.94. The van der Waals surface area contributed by atoms with E-state index in [0.717, 1.165) is 11.3 Å². The second kappa shape index (κ2) is 5.97. The highest BCUT2D eigenvalue weighted by atomic mass is 16.6. The molecule has 1 N–H and O–H groups in total. The fraction of sp³-hybridized carbons (Fsp3) is 0.133. The molecular formula is C15H14N2O3. The minimum atomic E-state index is -0.419. The number of nitro benzene ring substituents is 1. The van der Waals surface area contributed by atoms with Crippen molar-refractivity contribution in [2.45, 2.75) is 13.5 Å². The van der Waals surface area contributed by atoms with Gasteiger partial charge in [-0.3, -0.25) is 14.9 Å². The van der Waals surface area contributed by atoms with Crippen molar-refractivity contribution in [3.63, 3.8) is 0 Å². The molecule has 0 radical (unpaired) electrons. The first kappa shape index (κ1) is 13.7. The number of hydrogen-bond donors (Lipinski definition) is 1.